The molecule has 1 aliphatic rings. The van der Waals surface area contributed by atoms with Crippen LogP contribution in [0.25, 0.3) is 0 Å². The van der Waals surface area contributed by atoms with Gasteiger partial charge in [-0.25, -0.2) is 4.98 Å². The van der Waals surface area contributed by atoms with E-state index in [9.17, 15) is 4.79 Å². The van der Waals surface area contributed by atoms with E-state index in [1.54, 1.807) is 12.4 Å². The number of amides is 1. The Labute approximate surface area is 101 Å². The lowest BCUT2D eigenvalue weighted by molar-refractivity contribution is -0.122. The summed E-state index contributed by atoms with van der Waals surface area (Å²) in [6.45, 7) is 0.633. The molecule has 0 saturated heterocycles. The fourth-order valence-corrected chi connectivity index (χ4v) is 2.38. The van der Waals surface area contributed by atoms with Gasteiger partial charge < -0.3 is 16.0 Å². The Balaban J connectivity index is 1.64. The van der Waals surface area contributed by atoms with Crippen molar-refractivity contribution in [3.63, 3.8) is 0 Å². The molecular formula is C12H20N4O. The fraction of sp³-hybridized carbons (Fsp3) is 0.667. The van der Waals surface area contributed by atoms with E-state index in [0.29, 0.717) is 18.9 Å². The number of aromatic amines is 1. The Hall–Kier alpha value is -1.36. The molecular weight excluding hydrogens is 216 g/mol. The zero-order chi connectivity index (χ0) is 12.1. The highest BCUT2D eigenvalue weighted by molar-refractivity contribution is 5.76. The van der Waals surface area contributed by atoms with Crippen LogP contribution in [-0.4, -0.2) is 28.5 Å². The maximum atomic E-state index is 11.7. The summed E-state index contributed by atoms with van der Waals surface area (Å²) in [5.74, 6) is 1.39. The largest absolute Gasteiger partial charge is 0.356 e. The Bertz CT molecular complexity index is 349. The van der Waals surface area contributed by atoms with E-state index >= 15 is 0 Å². The maximum absolute atomic E-state index is 11.7. The van der Waals surface area contributed by atoms with Gasteiger partial charge in [-0.1, -0.05) is 6.42 Å². The Morgan fingerprint density at radius 3 is 3.12 bits per heavy atom. The smallest absolute Gasteiger partial charge is 0.220 e. The van der Waals surface area contributed by atoms with Gasteiger partial charge in [0.05, 0.1) is 0 Å². The van der Waals surface area contributed by atoms with Crippen LogP contribution >= 0.6 is 0 Å². The van der Waals surface area contributed by atoms with E-state index in [0.717, 1.165) is 31.5 Å². The Morgan fingerprint density at radius 2 is 2.47 bits per heavy atom. The highest BCUT2D eigenvalue weighted by atomic mass is 16.1. The lowest BCUT2D eigenvalue weighted by atomic mass is 10.00. The number of carbonyl (C=O) groups is 1. The molecule has 0 bridgehead atoms. The van der Waals surface area contributed by atoms with Crippen molar-refractivity contribution in [3.8, 4) is 0 Å². The van der Waals surface area contributed by atoms with Crippen LogP contribution in [0.5, 0.6) is 0 Å². The standard InChI is InChI=1S/C12H20N4O/c13-10-3-1-2-9(10)8-12(17)16-5-4-11-14-6-7-15-11/h6-7,9-10H,1-5,8,13H2,(H,14,15)(H,16,17)/t9-,10+/m0/s1. The molecule has 1 aromatic heterocycles. The second-order valence-electron chi connectivity index (χ2n) is 4.69. The normalized spacial score (nSPS) is 23.8. The van der Waals surface area contributed by atoms with Gasteiger partial charge in [0.2, 0.25) is 5.91 Å². The predicted octanol–water partition coefficient (Wildman–Crippen LogP) is 0.586. The quantitative estimate of drug-likeness (QED) is 0.699. The van der Waals surface area contributed by atoms with Crippen molar-refractivity contribution in [1.82, 2.24) is 15.3 Å². The molecule has 1 amide bonds. The van der Waals surface area contributed by atoms with Crippen molar-refractivity contribution >= 4 is 5.91 Å². The summed E-state index contributed by atoms with van der Waals surface area (Å²) >= 11 is 0. The third-order valence-corrected chi connectivity index (χ3v) is 3.40. The molecule has 1 heterocycles. The molecule has 1 aliphatic carbocycles. The maximum Gasteiger partial charge on any atom is 0.220 e. The van der Waals surface area contributed by atoms with Crippen LogP contribution in [0.2, 0.25) is 0 Å². The van der Waals surface area contributed by atoms with Gasteiger partial charge in [-0.2, -0.15) is 0 Å². The van der Waals surface area contributed by atoms with Gasteiger partial charge in [0.1, 0.15) is 5.82 Å². The van der Waals surface area contributed by atoms with Crippen molar-refractivity contribution in [1.29, 1.82) is 0 Å². The summed E-state index contributed by atoms with van der Waals surface area (Å²) < 4.78 is 0. The van der Waals surface area contributed by atoms with E-state index in [4.69, 9.17) is 5.73 Å². The van der Waals surface area contributed by atoms with E-state index in [1.165, 1.54) is 0 Å². The predicted molar refractivity (Wildman–Crippen MR) is 65.2 cm³/mol. The number of hydrogen-bond donors (Lipinski definition) is 3. The minimum absolute atomic E-state index is 0.110. The van der Waals surface area contributed by atoms with Gasteiger partial charge in [0.15, 0.2) is 0 Å². The summed E-state index contributed by atoms with van der Waals surface area (Å²) in [5, 5.41) is 2.91. The third kappa shape index (κ3) is 3.56. The number of H-pyrrole nitrogens is 1. The number of carbonyl (C=O) groups excluding carboxylic acids is 1. The van der Waals surface area contributed by atoms with E-state index < -0.39 is 0 Å². The van der Waals surface area contributed by atoms with Gasteiger partial charge in [0, 0.05) is 37.8 Å². The summed E-state index contributed by atoms with van der Waals surface area (Å²) in [6.07, 6.45) is 8.13. The summed E-state index contributed by atoms with van der Waals surface area (Å²) in [6, 6.07) is 0.214. The fourth-order valence-electron chi connectivity index (χ4n) is 2.38. The summed E-state index contributed by atoms with van der Waals surface area (Å²) in [5.41, 5.74) is 5.94. The highest BCUT2D eigenvalue weighted by Gasteiger charge is 2.25. The third-order valence-electron chi connectivity index (χ3n) is 3.40. The van der Waals surface area contributed by atoms with Crippen LogP contribution in [-0.2, 0) is 11.2 Å². The Kier molecular flexibility index (Phi) is 4.14. The van der Waals surface area contributed by atoms with Crippen molar-refractivity contribution in [3.05, 3.63) is 18.2 Å². The molecule has 0 aliphatic heterocycles. The molecule has 17 heavy (non-hydrogen) atoms. The Morgan fingerprint density at radius 1 is 1.59 bits per heavy atom. The lowest BCUT2D eigenvalue weighted by Gasteiger charge is -2.14. The van der Waals surface area contributed by atoms with E-state index in [-0.39, 0.29) is 11.9 Å². The van der Waals surface area contributed by atoms with Gasteiger partial charge in [-0.05, 0) is 18.8 Å². The summed E-state index contributed by atoms with van der Waals surface area (Å²) in [7, 11) is 0. The number of hydrogen-bond acceptors (Lipinski definition) is 3. The zero-order valence-corrected chi connectivity index (χ0v) is 9.98. The number of aromatic nitrogens is 2. The molecule has 94 valence electrons. The molecule has 5 nitrogen and oxygen atoms in total. The monoisotopic (exact) mass is 236 g/mol. The van der Waals surface area contributed by atoms with Gasteiger partial charge >= 0.3 is 0 Å². The van der Waals surface area contributed by atoms with Crippen LogP contribution in [0.4, 0.5) is 0 Å². The lowest BCUT2D eigenvalue weighted by Crippen LogP contribution is -2.32. The molecule has 4 N–H and O–H groups in total. The minimum atomic E-state index is 0.110. The molecule has 0 spiro atoms. The van der Waals surface area contributed by atoms with Gasteiger partial charge in [0.25, 0.3) is 0 Å². The average molecular weight is 236 g/mol. The molecule has 0 unspecified atom stereocenters. The van der Waals surface area contributed by atoms with Crippen molar-refractivity contribution in [2.75, 3.05) is 6.54 Å². The zero-order valence-electron chi connectivity index (χ0n) is 9.98. The molecule has 1 aromatic rings. The number of imidazole rings is 1. The molecule has 2 atom stereocenters. The van der Waals surface area contributed by atoms with Gasteiger partial charge in [-0.3, -0.25) is 4.79 Å². The van der Waals surface area contributed by atoms with Crippen LogP contribution in [0, 0.1) is 5.92 Å². The summed E-state index contributed by atoms with van der Waals surface area (Å²) in [4.78, 5) is 18.8. The number of rotatable bonds is 5. The molecule has 5 heteroatoms. The van der Waals surface area contributed by atoms with Gasteiger partial charge in [-0.15, -0.1) is 0 Å². The molecule has 0 radical (unpaired) electrons. The first-order valence-corrected chi connectivity index (χ1v) is 6.26. The van der Waals surface area contributed by atoms with Crippen LogP contribution in [0.3, 0.4) is 0 Å². The van der Waals surface area contributed by atoms with Crippen LogP contribution in [0.15, 0.2) is 12.4 Å². The molecule has 1 saturated carbocycles. The first-order chi connectivity index (χ1) is 8.25. The molecule has 1 fully saturated rings. The van der Waals surface area contributed by atoms with E-state index in [2.05, 4.69) is 15.3 Å². The first-order valence-electron chi connectivity index (χ1n) is 6.26. The molecule has 0 aromatic carbocycles. The second-order valence-corrected chi connectivity index (χ2v) is 4.69. The topological polar surface area (TPSA) is 83.8 Å². The average Bonchev–Trinajstić information content (AvgIpc) is 2.92. The molecule has 2 rings (SSSR count). The van der Waals surface area contributed by atoms with Crippen LogP contribution < -0.4 is 11.1 Å². The van der Waals surface area contributed by atoms with Crippen molar-refractivity contribution < 1.29 is 4.79 Å². The second kappa shape index (κ2) is 5.82. The van der Waals surface area contributed by atoms with Crippen LogP contribution in [0.1, 0.15) is 31.5 Å². The SMILES string of the molecule is N[C@@H]1CCC[C@H]1CC(=O)NCCc1ncc[nH]1. The first kappa shape index (κ1) is 12.1. The number of nitrogens with one attached hydrogen (secondary N) is 2. The van der Waals surface area contributed by atoms with Crippen molar-refractivity contribution in [2.45, 2.75) is 38.1 Å². The highest BCUT2D eigenvalue weighted by Crippen LogP contribution is 2.26. The number of nitrogens with two attached hydrogens (primary N) is 1. The minimum Gasteiger partial charge on any atom is -0.356 e. The van der Waals surface area contributed by atoms with E-state index in [1.807, 2.05) is 0 Å². The van der Waals surface area contributed by atoms with Crippen molar-refractivity contribution in [2.24, 2.45) is 11.7 Å². The number of nitrogens with zero attached hydrogens (tertiary/aromatic N) is 1.